The number of methoxy groups -OCH3 is 1. The van der Waals surface area contributed by atoms with Crippen LogP contribution in [0.15, 0.2) is 48.0 Å². The zero-order valence-electron chi connectivity index (χ0n) is 18.3. The second-order valence-electron chi connectivity index (χ2n) is 7.08. The number of nitrogens with one attached hydrogen (secondary N) is 1. The SMILES string of the molecule is CCc1ccc(N2C(=O)NC(=O)/C(=C\c3ccc(N(CC)CC)cc3OC)C2=O)cc1. The molecule has 0 radical (unpaired) electrons. The van der Waals surface area contributed by atoms with Gasteiger partial charge in [-0.3, -0.25) is 14.9 Å². The molecule has 162 valence electrons. The fourth-order valence-corrected chi connectivity index (χ4v) is 3.53. The maximum Gasteiger partial charge on any atom is 0.335 e. The number of anilines is 2. The van der Waals surface area contributed by atoms with E-state index in [1.165, 1.54) is 13.2 Å². The molecule has 1 fully saturated rings. The van der Waals surface area contributed by atoms with Crippen molar-refractivity contribution in [3.63, 3.8) is 0 Å². The molecule has 0 unspecified atom stereocenters. The van der Waals surface area contributed by atoms with Gasteiger partial charge in [-0.2, -0.15) is 0 Å². The summed E-state index contributed by atoms with van der Waals surface area (Å²) >= 11 is 0. The quantitative estimate of drug-likeness (QED) is 0.544. The highest BCUT2D eigenvalue weighted by Crippen LogP contribution is 2.29. The Balaban J connectivity index is 1.99. The van der Waals surface area contributed by atoms with Crippen LogP contribution in [0.25, 0.3) is 6.08 Å². The fraction of sp³-hybridized carbons (Fsp3) is 0.292. The van der Waals surface area contributed by atoms with Gasteiger partial charge in [0.25, 0.3) is 11.8 Å². The second-order valence-corrected chi connectivity index (χ2v) is 7.08. The summed E-state index contributed by atoms with van der Waals surface area (Å²) in [6, 6.07) is 11.9. The van der Waals surface area contributed by atoms with Crippen LogP contribution in [0.4, 0.5) is 16.2 Å². The van der Waals surface area contributed by atoms with Gasteiger partial charge in [0, 0.05) is 30.4 Å². The van der Waals surface area contributed by atoms with E-state index in [0.717, 1.165) is 35.7 Å². The Labute approximate surface area is 182 Å². The summed E-state index contributed by atoms with van der Waals surface area (Å²) in [5, 5.41) is 2.25. The summed E-state index contributed by atoms with van der Waals surface area (Å²) in [6.45, 7) is 7.83. The third-order valence-corrected chi connectivity index (χ3v) is 5.35. The van der Waals surface area contributed by atoms with Gasteiger partial charge in [0.2, 0.25) is 0 Å². The van der Waals surface area contributed by atoms with Gasteiger partial charge in [0.1, 0.15) is 11.3 Å². The predicted molar refractivity (Wildman–Crippen MR) is 121 cm³/mol. The van der Waals surface area contributed by atoms with E-state index < -0.39 is 17.8 Å². The van der Waals surface area contributed by atoms with Gasteiger partial charge in [0.05, 0.1) is 12.8 Å². The molecule has 7 heteroatoms. The number of hydrogen-bond donors (Lipinski definition) is 1. The minimum Gasteiger partial charge on any atom is -0.496 e. The number of carbonyl (C=O) groups excluding carboxylic acids is 3. The zero-order valence-corrected chi connectivity index (χ0v) is 18.3. The number of aryl methyl sites for hydroxylation is 1. The summed E-state index contributed by atoms with van der Waals surface area (Å²) in [7, 11) is 1.54. The molecule has 1 saturated heterocycles. The van der Waals surface area contributed by atoms with Crippen LogP contribution in [0.1, 0.15) is 31.9 Å². The van der Waals surface area contributed by atoms with E-state index in [2.05, 4.69) is 24.1 Å². The summed E-state index contributed by atoms with van der Waals surface area (Å²) in [5.41, 5.74) is 2.91. The number of barbiturate groups is 1. The van der Waals surface area contributed by atoms with E-state index in [9.17, 15) is 14.4 Å². The third-order valence-electron chi connectivity index (χ3n) is 5.35. The van der Waals surface area contributed by atoms with Crippen molar-refractivity contribution in [2.45, 2.75) is 27.2 Å². The van der Waals surface area contributed by atoms with E-state index in [1.54, 1.807) is 18.2 Å². The smallest absolute Gasteiger partial charge is 0.335 e. The van der Waals surface area contributed by atoms with Crippen LogP contribution in [0.5, 0.6) is 5.75 Å². The molecule has 2 aromatic rings. The van der Waals surface area contributed by atoms with Crippen molar-refractivity contribution in [2.75, 3.05) is 30.0 Å². The third kappa shape index (κ3) is 4.45. The lowest BCUT2D eigenvalue weighted by Crippen LogP contribution is -2.54. The molecule has 0 spiro atoms. The first-order valence-corrected chi connectivity index (χ1v) is 10.4. The Kier molecular flexibility index (Phi) is 6.74. The summed E-state index contributed by atoms with van der Waals surface area (Å²) in [4.78, 5) is 41.1. The number of urea groups is 1. The van der Waals surface area contributed by atoms with E-state index in [-0.39, 0.29) is 5.57 Å². The molecule has 7 nitrogen and oxygen atoms in total. The predicted octanol–water partition coefficient (Wildman–Crippen LogP) is 3.77. The molecule has 1 N–H and O–H groups in total. The van der Waals surface area contributed by atoms with Crippen LogP contribution < -0.4 is 19.9 Å². The van der Waals surface area contributed by atoms with E-state index in [4.69, 9.17) is 4.74 Å². The highest BCUT2D eigenvalue weighted by molar-refractivity contribution is 6.39. The first kappa shape index (κ1) is 22.1. The van der Waals surface area contributed by atoms with Gasteiger partial charge < -0.3 is 9.64 Å². The lowest BCUT2D eigenvalue weighted by atomic mass is 10.0. The molecule has 1 aliphatic rings. The summed E-state index contributed by atoms with van der Waals surface area (Å²) in [5.74, 6) is -0.868. The molecule has 1 aliphatic heterocycles. The lowest BCUT2D eigenvalue weighted by molar-refractivity contribution is -0.122. The van der Waals surface area contributed by atoms with Gasteiger partial charge in [-0.05, 0) is 56.2 Å². The number of carbonyl (C=O) groups is 3. The van der Waals surface area contributed by atoms with E-state index >= 15 is 0 Å². The van der Waals surface area contributed by atoms with Gasteiger partial charge in [-0.25, -0.2) is 9.69 Å². The number of nitrogens with zero attached hydrogens (tertiary/aromatic N) is 2. The maximum atomic E-state index is 13.1. The van der Waals surface area contributed by atoms with Crippen LogP contribution in [0, 0.1) is 0 Å². The minimum atomic E-state index is -0.764. The van der Waals surface area contributed by atoms with Crippen molar-refractivity contribution in [3.8, 4) is 5.75 Å². The van der Waals surface area contributed by atoms with Gasteiger partial charge in [-0.1, -0.05) is 19.1 Å². The van der Waals surface area contributed by atoms with Crippen molar-refractivity contribution < 1.29 is 19.1 Å². The normalized spacial score (nSPS) is 15.3. The van der Waals surface area contributed by atoms with Crippen LogP contribution in [-0.2, 0) is 16.0 Å². The van der Waals surface area contributed by atoms with Crippen molar-refractivity contribution in [2.24, 2.45) is 0 Å². The Morgan fingerprint density at radius 2 is 1.68 bits per heavy atom. The Hall–Kier alpha value is -3.61. The molecule has 31 heavy (non-hydrogen) atoms. The highest BCUT2D eigenvalue weighted by atomic mass is 16.5. The zero-order chi connectivity index (χ0) is 22.5. The average Bonchev–Trinajstić information content (AvgIpc) is 2.78. The number of hydrogen-bond acceptors (Lipinski definition) is 5. The number of benzene rings is 2. The molecular weight excluding hydrogens is 394 g/mol. The molecule has 1 heterocycles. The van der Waals surface area contributed by atoms with Gasteiger partial charge >= 0.3 is 6.03 Å². The van der Waals surface area contributed by atoms with Crippen molar-refractivity contribution in [1.82, 2.24) is 5.32 Å². The van der Waals surface area contributed by atoms with Crippen molar-refractivity contribution in [1.29, 1.82) is 0 Å². The number of imide groups is 2. The Bertz CT molecular complexity index is 1020. The highest BCUT2D eigenvalue weighted by Gasteiger charge is 2.37. The van der Waals surface area contributed by atoms with E-state index in [0.29, 0.717) is 17.0 Å². The first-order chi connectivity index (χ1) is 14.9. The minimum absolute atomic E-state index is 0.131. The average molecular weight is 421 g/mol. The fourth-order valence-electron chi connectivity index (χ4n) is 3.53. The van der Waals surface area contributed by atoms with Crippen LogP contribution in [-0.4, -0.2) is 38.0 Å². The first-order valence-electron chi connectivity index (χ1n) is 10.4. The molecule has 0 saturated carbocycles. The molecule has 0 bridgehead atoms. The molecular formula is C24H27N3O4. The molecule has 2 aromatic carbocycles. The number of ether oxygens (including phenoxy) is 1. The molecule has 0 atom stereocenters. The maximum absolute atomic E-state index is 13.1. The Morgan fingerprint density at radius 3 is 2.26 bits per heavy atom. The second kappa shape index (κ2) is 9.47. The monoisotopic (exact) mass is 421 g/mol. The summed E-state index contributed by atoms with van der Waals surface area (Å²) in [6.07, 6.45) is 2.30. The number of amides is 4. The van der Waals surface area contributed by atoms with Crippen LogP contribution >= 0.6 is 0 Å². The standard InChI is InChI=1S/C24H27N3O4/c1-5-16-8-11-18(12-9-16)27-23(29)20(22(28)25-24(27)30)14-17-10-13-19(15-21(17)31-4)26(6-2)7-3/h8-15H,5-7H2,1-4H3,(H,25,28,30)/b20-14+. The molecule has 0 aromatic heterocycles. The van der Waals surface area contributed by atoms with Crippen molar-refractivity contribution >= 4 is 35.3 Å². The molecule has 4 amide bonds. The number of rotatable bonds is 7. The van der Waals surface area contributed by atoms with Crippen LogP contribution in [0.2, 0.25) is 0 Å². The van der Waals surface area contributed by atoms with Gasteiger partial charge in [0.15, 0.2) is 0 Å². The van der Waals surface area contributed by atoms with Crippen LogP contribution in [0.3, 0.4) is 0 Å². The lowest BCUT2D eigenvalue weighted by Gasteiger charge is -2.26. The van der Waals surface area contributed by atoms with Crippen molar-refractivity contribution in [3.05, 3.63) is 59.2 Å². The topological polar surface area (TPSA) is 79.0 Å². The summed E-state index contributed by atoms with van der Waals surface area (Å²) < 4.78 is 5.50. The molecule has 0 aliphatic carbocycles. The molecule has 3 rings (SSSR count). The Morgan fingerprint density at radius 1 is 1.00 bits per heavy atom. The van der Waals surface area contributed by atoms with E-state index in [1.807, 2.05) is 31.2 Å². The largest absolute Gasteiger partial charge is 0.496 e. The van der Waals surface area contributed by atoms with Gasteiger partial charge in [-0.15, -0.1) is 0 Å².